The van der Waals surface area contributed by atoms with Gasteiger partial charge in [0.1, 0.15) is 5.00 Å². The van der Waals surface area contributed by atoms with Gasteiger partial charge in [-0.25, -0.2) is 0 Å². The Morgan fingerprint density at radius 2 is 2.15 bits per heavy atom. The highest BCUT2D eigenvalue weighted by atomic mass is 32.1. The SMILES string of the molecule is CC(C)c1cc(C(N)=O)c(NC(=O)c2cccnc2)s1. The molecule has 20 heavy (non-hydrogen) atoms. The molecule has 0 saturated heterocycles. The fourth-order valence-electron chi connectivity index (χ4n) is 1.64. The van der Waals surface area contributed by atoms with E-state index in [-0.39, 0.29) is 11.8 Å². The third-order valence-electron chi connectivity index (χ3n) is 2.74. The van der Waals surface area contributed by atoms with E-state index >= 15 is 0 Å². The smallest absolute Gasteiger partial charge is 0.257 e. The van der Waals surface area contributed by atoms with Gasteiger partial charge in [-0.3, -0.25) is 14.6 Å². The summed E-state index contributed by atoms with van der Waals surface area (Å²) in [5, 5.41) is 3.20. The van der Waals surface area contributed by atoms with Crippen LogP contribution in [0.2, 0.25) is 0 Å². The lowest BCUT2D eigenvalue weighted by Gasteiger charge is -2.04. The number of nitrogens with one attached hydrogen (secondary N) is 1. The molecule has 0 aromatic carbocycles. The van der Waals surface area contributed by atoms with E-state index in [0.717, 1.165) is 4.88 Å². The summed E-state index contributed by atoms with van der Waals surface area (Å²) in [6.45, 7) is 4.03. The predicted molar refractivity (Wildman–Crippen MR) is 79.1 cm³/mol. The first-order valence-electron chi connectivity index (χ1n) is 6.14. The summed E-state index contributed by atoms with van der Waals surface area (Å²) in [7, 11) is 0. The van der Waals surface area contributed by atoms with Crippen LogP contribution >= 0.6 is 11.3 Å². The fourth-order valence-corrected chi connectivity index (χ4v) is 2.70. The maximum Gasteiger partial charge on any atom is 0.257 e. The Morgan fingerprint density at radius 3 is 2.70 bits per heavy atom. The Morgan fingerprint density at radius 1 is 1.40 bits per heavy atom. The molecule has 0 aliphatic carbocycles. The predicted octanol–water partition coefficient (Wildman–Crippen LogP) is 2.62. The first-order valence-corrected chi connectivity index (χ1v) is 6.95. The van der Waals surface area contributed by atoms with Crippen LogP contribution in [0.3, 0.4) is 0 Å². The maximum atomic E-state index is 12.1. The summed E-state index contributed by atoms with van der Waals surface area (Å²) >= 11 is 1.37. The Labute approximate surface area is 120 Å². The first-order chi connectivity index (χ1) is 9.49. The van der Waals surface area contributed by atoms with E-state index in [1.54, 1.807) is 24.4 Å². The Bertz CT molecular complexity index is 635. The van der Waals surface area contributed by atoms with Crippen molar-refractivity contribution in [1.29, 1.82) is 0 Å². The molecule has 0 aliphatic rings. The summed E-state index contributed by atoms with van der Waals surface area (Å²) in [5.41, 5.74) is 6.12. The van der Waals surface area contributed by atoms with Gasteiger partial charge >= 0.3 is 0 Å². The van der Waals surface area contributed by atoms with Gasteiger partial charge in [0.15, 0.2) is 0 Å². The molecule has 2 rings (SSSR count). The monoisotopic (exact) mass is 289 g/mol. The van der Waals surface area contributed by atoms with Crippen molar-refractivity contribution in [3.05, 3.63) is 46.6 Å². The fraction of sp³-hybridized carbons (Fsp3) is 0.214. The van der Waals surface area contributed by atoms with Crippen LogP contribution in [-0.4, -0.2) is 16.8 Å². The first kappa shape index (κ1) is 14.2. The summed E-state index contributed by atoms with van der Waals surface area (Å²) in [5.74, 6) is -0.588. The zero-order chi connectivity index (χ0) is 14.7. The minimum atomic E-state index is -0.547. The van der Waals surface area contributed by atoms with Crippen LogP contribution in [0.4, 0.5) is 5.00 Å². The molecule has 2 aromatic heterocycles. The molecular formula is C14H15N3O2S. The Kier molecular flexibility index (Phi) is 4.14. The number of pyridine rings is 1. The number of hydrogen-bond acceptors (Lipinski definition) is 4. The van der Waals surface area contributed by atoms with Crippen LogP contribution in [0.1, 0.15) is 45.4 Å². The minimum absolute atomic E-state index is 0.266. The van der Waals surface area contributed by atoms with Gasteiger partial charge in [0.05, 0.1) is 11.1 Å². The molecule has 104 valence electrons. The number of nitrogens with zero attached hydrogens (tertiary/aromatic N) is 1. The molecule has 2 heterocycles. The standard InChI is InChI=1S/C14H15N3O2S/c1-8(2)11-6-10(12(15)18)14(20-11)17-13(19)9-4-3-5-16-7-9/h3-8H,1-2H3,(H2,15,18)(H,17,19). The van der Waals surface area contributed by atoms with E-state index < -0.39 is 5.91 Å². The number of hydrogen-bond donors (Lipinski definition) is 2. The number of thiophene rings is 1. The highest BCUT2D eigenvalue weighted by Gasteiger charge is 2.17. The summed E-state index contributed by atoms with van der Waals surface area (Å²) in [4.78, 5) is 28.4. The van der Waals surface area contributed by atoms with Crippen LogP contribution in [0.25, 0.3) is 0 Å². The van der Waals surface area contributed by atoms with E-state index in [2.05, 4.69) is 10.3 Å². The van der Waals surface area contributed by atoms with Crippen molar-refractivity contribution in [3.63, 3.8) is 0 Å². The Hall–Kier alpha value is -2.21. The number of amides is 2. The molecule has 0 aliphatic heterocycles. The molecule has 6 heteroatoms. The van der Waals surface area contributed by atoms with Crippen molar-refractivity contribution in [2.75, 3.05) is 5.32 Å². The lowest BCUT2D eigenvalue weighted by atomic mass is 10.1. The summed E-state index contributed by atoms with van der Waals surface area (Å²) < 4.78 is 0. The second-order valence-corrected chi connectivity index (χ2v) is 5.69. The van der Waals surface area contributed by atoms with Crippen molar-refractivity contribution in [1.82, 2.24) is 4.98 Å². The molecule has 3 N–H and O–H groups in total. The van der Waals surface area contributed by atoms with Gasteiger partial charge in [0.2, 0.25) is 0 Å². The molecule has 0 atom stereocenters. The zero-order valence-electron chi connectivity index (χ0n) is 11.2. The Balaban J connectivity index is 2.29. The van der Waals surface area contributed by atoms with Crippen molar-refractivity contribution >= 4 is 28.2 Å². The third kappa shape index (κ3) is 3.03. The number of carbonyl (C=O) groups excluding carboxylic acids is 2. The second-order valence-electron chi connectivity index (χ2n) is 4.61. The number of carbonyl (C=O) groups is 2. The number of nitrogens with two attached hydrogens (primary N) is 1. The van der Waals surface area contributed by atoms with E-state index in [1.807, 2.05) is 13.8 Å². The van der Waals surface area contributed by atoms with Crippen molar-refractivity contribution in [2.45, 2.75) is 19.8 Å². The molecular weight excluding hydrogens is 274 g/mol. The number of aromatic nitrogens is 1. The molecule has 2 amide bonds. The van der Waals surface area contributed by atoms with Gasteiger partial charge in [0.25, 0.3) is 11.8 Å². The van der Waals surface area contributed by atoms with Crippen molar-refractivity contribution in [2.24, 2.45) is 5.73 Å². The summed E-state index contributed by atoms with van der Waals surface area (Å²) in [6.07, 6.45) is 3.06. The van der Waals surface area contributed by atoms with Gasteiger partial charge in [-0.2, -0.15) is 0 Å². The molecule has 0 radical (unpaired) electrons. The lowest BCUT2D eigenvalue weighted by molar-refractivity contribution is 0.100. The molecule has 2 aromatic rings. The average Bonchev–Trinajstić information content (AvgIpc) is 2.84. The molecule has 0 spiro atoms. The third-order valence-corrected chi connectivity index (χ3v) is 4.09. The molecule has 0 fully saturated rings. The van der Waals surface area contributed by atoms with E-state index in [0.29, 0.717) is 16.1 Å². The highest BCUT2D eigenvalue weighted by molar-refractivity contribution is 7.16. The van der Waals surface area contributed by atoms with E-state index in [9.17, 15) is 9.59 Å². The van der Waals surface area contributed by atoms with Gasteiger partial charge < -0.3 is 11.1 Å². The molecule has 0 saturated carbocycles. The van der Waals surface area contributed by atoms with Crippen molar-refractivity contribution in [3.8, 4) is 0 Å². The molecule has 0 unspecified atom stereocenters. The van der Waals surface area contributed by atoms with E-state index in [4.69, 9.17) is 5.73 Å². The average molecular weight is 289 g/mol. The van der Waals surface area contributed by atoms with Gasteiger partial charge in [-0.15, -0.1) is 11.3 Å². The highest BCUT2D eigenvalue weighted by Crippen LogP contribution is 2.32. The maximum absolute atomic E-state index is 12.1. The summed E-state index contributed by atoms with van der Waals surface area (Å²) in [6, 6.07) is 5.07. The number of anilines is 1. The lowest BCUT2D eigenvalue weighted by Crippen LogP contribution is -2.16. The van der Waals surface area contributed by atoms with Gasteiger partial charge in [-0.1, -0.05) is 13.8 Å². The van der Waals surface area contributed by atoms with E-state index in [1.165, 1.54) is 17.5 Å². The normalized spacial score (nSPS) is 10.6. The quantitative estimate of drug-likeness (QED) is 0.907. The second kappa shape index (κ2) is 5.83. The van der Waals surface area contributed by atoms with Crippen LogP contribution in [0, 0.1) is 0 Å². The van der Waals surface area contributed by atoms with Crippen LogP contribution in [-0.2, 0) is 0 Å². The van der Waals surface area contributed by atoms with Crippen LogP contribution < -0.4 is 11.1 Å². The van der Waals surface area contributed by atoms with Crippen molar-refractivity contribution < 1.29 is 9.59 Å². The van der Waals surface area contributed by atoms with Gasteiger partial charge in [-0.05, 0) is 24.1 Å². The van der Waals surface area contributed by atoms with Crippen LogP contribution in [0.5, 0.6) is 0 Å². The zero-order valence-corrected chi connectivity index (χ0v) is 12.0. The van der Waals surface area contributed by atoms with Gasteiger partial charge in [0, 0.05) is 17.3 Å². The molecule has 5 nitrogen and oxygen atoms in total. The number of rotatable bonds is 4. The minimum Gasteiger partial charge on any atom is -0.366 e. The number of primary amides is 1. The topological polar surface area (TPSA) is 85.1 Å². The molecule has 0 bridgehead atoms. The van der Waals surface area contributed by atoms with Crippen LogP contribution in [0.15, 0.2) is 30.6 Å². The largest absolute Gasteiger partial charge is 0.366 e.